The van der Waals surface area contributed by atoms with Crippen LogP contribution in [0.4, 0.5) is 13.2 Å². The summed E-state index contributed by atoms with van der Waals surface area (Å²) in [5.74, 6) is 1.66. The minimum absolute atomic E-state index is 0.178. The first-order chi connectivity index (χ1) is 13.9. The number of piperidine rings is 1. The van der Waals surface area contributed by atoms with Crippen LogP contribution >= 0.6 is 0 Å². The third-order valence-electron chi connectivity index (χ3n) is 5.46. The second-order valence-electron chi connectivity index (χ2n) is 7.59. The van der Waals surface area contributed by atoms with Crippen LogP contribution in [-0.4, -0.2) is 50.9 Å². The van der Waals surface area contributed by atoms with Gasteiger partial charge in [0.25, 0.3) is 5.56 Å². The van der Waals surface area contributed by atoms with E-state index in [0.717, 1.165) is 38.7 Å². The molecule has 0 aromatic carbocycles. The van der Waals surface area contributed by atoms with E-state index in [2.05, 4.69) is 20.0 Å². The van der Waals surface area contributed by atoms with E-state index in [0.29, 0.717) is 44.1 Å². The van der Waals surface area contributed by atoms with E-state index in [1.54, 1.807) is 0 Å². The zero-order valence-corrected chi connectivity index (χ0v) is 15.8. The van der Waals surface area contributed by atoms with Crippen molar-refractivity contribution in [3.8, 4) is 0 Å². The van der Waals surface area contributed by atoms with Gasteiger partial charge >= 0.3 is 6.18 Å². The van der Waals surface area contributed by atoms with Crippen molar-refractivity contribution in [2.75, 3.05) is 26.3 Å². The fourth-order valence-electron chi connectivity index (χ4n) is 3.75. The molecule has 2 saturated heterocycles. The van der Waals surface area contributed by atoms with E-state index >= 15 is 0 Å². The SMILES string of the molecule is O=c1cc(C(F)(F)F)ncn1CC1CCN(Cc2noc(C3CCOC3)n2)CC1. The number of ether oxygens (including phenoxy) is 1. The van der Waals surface area contributed by atoms with Crippen molar-refractivity contribution < 1.29 is 22.4 Å². The molecule has 4 rings (SSSR count). The first-order valence-corrected chi connectivity index (χ1v) is 9.65. The molecule has 2 aliphatic heterocycles. The summed E-state index contributed by atoms with van der Waals surface area (Å²) in [6.07, 6.45) is -1.07. The third kappa shape index (κ3) is 4.84. The number of aromatic nitrogens is 4. The maximum absolute atomic E-state index is 12.6. The second-order valence-corrected chi connectivity index (χ2v) is 7.59. The fourth-order valence-corrected chi connectivity index (χ4v) is 3.75. The molecule has 2 aromatic heterocycles. The van der Waals surface area contributed by atoms with Gasteiger partial charge in [0.15, 0.2) is 11.5 Å². The first kappa shape index (κ1) is 20.0. The molecular formula is C18H22F3N5O3. The number of hydrogen-bond donors (Lipinski definition) is 0. The highest BCUT2D eigenvalue weighted by Gasteiger charge is 2.33. The van der Waals surface area contributed by atoms with Crippen LogP contribution in [0.25, 0.3) is 0 Å². The van der Waals surface area contributed by atoms with Gasteiger partial charge in [0, 0.05) is 19.2 Å². The van der Waals surface area contributed by atoms with Crippen LogP contribution in [0.3, 0.4) is 0 Å². The van der Waals surface area contributed by atoms with Gasteiger partial charge in [-0.05, 0) is 38.3 Å². The standard InChI is InChI=1S/C18H22F3N5O3/c19-18(20,21)14-7-16(27)26(11-22-14)8-12-1-4-25(5-2-12)9-15-23-17(29-24-15)13-3-6-28-10-13/h7,11-13H,1-6,8-10H2. The molecule has 158 valence electrons. The van der Waals surface area contributed by atoms with E-state index in [1.165, 1.54) is 4.57 Å². The highest BCUT2D eigenvalue weighted by atomic mass is 19.4. The molecule has 2 aromatic rings. The number of alkyl halides is 3. The molecule has 0 bridgehead atoms. The number of likely N-dealkylation sites (tertiary alicyclic amines) is 1. The normalized spacial score (nSPS) is 21.7. The Morgan fingerprint density at radius 1 is 1.21 bits per heavy atom. The second kappa shape index (κ2) is 8.23. The Balaban J connectivity index is 1.28. The van der Waals surface area contributed by atoms with Crippen molar-refractivity contribution in [1.29, 1.82) is 0 Å². The van der Waals surface area contributed by atoms with Crippen LogP contribution in [0, 0.1) is 5.92 Å². The smallest absolute Gasteiger partial charge is 0.381 e. The number of rotatable bonds is 5. The van der Waals surface area contributed by atoms with E-state index in [1.807, 2.05) is 0 Å². The van der Waals surface area contributed by atoms with Crippen LogP contribution < -0.4 is 5.56 Å². The molecule has 1 atom stereocenters. The number of halogens is 3. The van der Waals surface area contributed by atoms with Crippen LogP contribution in [0.5, 0.6) is 0 Å². The monoisotopic (exact) mass is 413 g/mol. The molecule has 11 heteroatoms. The lowest BCUT2D eigenvalue weighted by molar-refractivity contribution is -0.141. The van der Waals surface area contributed by atoms with Crippen LogP contribution in [0.2, 0.25) is 0 Å². The van der Waals surface area contributed by atoms with E-state index < -0.39 is 17.4 Å². The van der Waals surface area contributed by atoms with Gasteiger partial charge in [-0.1, -0.05) is 5.16 Å². The van der Waals surface area contributed by atoms with Crippen molar-refractivity contribution in [2.24, 2.45) is 5.92 Å². The van der Waals surface area contributed by atoms with E-state index in [-0.39, 0.29) is 11.8 Å². The van der Waals surface area contributed by atoms with E-state index in [9.17, 15) is 18.0 Å². The van der Waals surface area contributed by atoms with Crippen LogP contribution in [0.15, 0.2) is 21.7 Å². The van der Waals surface area contributed by atoms with Gasteiger partial charge in [0.05, 0.1) is 25.4 Å². The molecule has 0 radical (unpaired) electrons. The van der Waals surface area contributed by atoms with E-state index in [4.69, 9.17) is 9.26 Å². The minimum Gasteiger partial charge on any atom is -0.381 e. The Morgan fingerprint density at radius 3 is 2.66 bits per heavy atom. The van der Waals surface area contributed by atoms with Gasteiger partial charge < -0.3 is 9.26 Å². The summed E-state index contributed by atoms with van der Waals surface area (Å²) < 4.78 is 49.8. The molecule has 0 aliphatic carbocycles. The maximum Gasteiger partial charge on any atom is 0.433 e. The number of nitrogens with zero attached hydrogens (tertiary/aromatic N) is 5. The molecule has 2 aliphatic rings. The lowest BCUT2D eigenvalue weighted by atomic mass is 9.96. The molecule has 1 unspecified atom stereocenters. The topological polar surface area (TPSA) is 86.3 Å². The molecule has 2 fully saturated rings. The molecule has 4 heterocycles. The van der Waals surface area contributed by atoms with Gasteiger partial charge in [-0.25, -0.2) is 4.98 Å². The van der Waals surface area contributed by atoms with Crippen molar-refractivity contribution >= 4 is 0 Å². The highest BCUT2D eigenvalue weighted by molar-refractivity contribution is 5.03. The van der Waals surface area contributed by atoms with Crippen molar-refractivity contribution in [3.63, 3.8) is 0 Å². The zero-order chi connectivity index (χ0) is 20.4. The quantitative estimate of drug-likeness (QED) is 0.742. The van der Waals surface area contributed by atoms with Gasteiger partial charge in [0.1, 0.15) is 0 Å². The third-order valence-corrected chi connectivity index (χ3v) is 5.46. The maximum atomic E-state index is 12.6. The summed E-state index contributed by atoms with van der Waals surface area (Å²) >= 11 is 0. The van der Waals surface area contributed by atoms with Crippen LogP contribution in [0.1, 0.15) is 42.6 Å². The van der Waals surface area contributed by atoms with Crippen molar-refractivity contribution in [2.45, 2.75) is 44.4 Å². The van der Waals surface area contributed by atoms with Gasteiger partial charge in [0.2, 0.25) is 5.89 Å². The lowest BCUT2D eigenvalue weighted by Crippen LogP contribution is -2.36. The van der Waals surface area contributed by atoms with Gasteiger partial charge in [-0.2, -0.15) is 18.2 Å². The molecule has 29 heavy (non-hydrogen) atoms. The summed E-state index contributed by atoms with van der Waals surface area (Å²) in [5.41, 5.74) is -1.83. The summed E-state index contributed by atoms with van der Waals surface area (Å²) in [4.78, 5) is 22.0. The molecular weight excluding hydrogens is 391 g/mol. The fraction of sp³-hybridized carbons (Fsp3) is 0.667. The molecule has 0 saturated carbocycles. The zero-order valence-electron chi connectivity index (χ0n) is 15.8. The molecule has 8 nitrogen and oxygen atoms in total. The molecule has 0 N–H and O–H groups in total. The average molecular weight is 413 g/mol. The summed E-state index contributed by atoms with van der Waals surface area (Å²) in [5, 5.41) is 4.05. The average Bonchev–Trinajstić information content (AvgIpc) is 3.36. The van der Waals surface area contributed by atoms with Crippen LogP contribution in [-0.2, 0) is 24.0 Å². The Morgan fingerprint density at radius 2 is 2.00 bits per heavy atom. The Labute approximate surface area is 164 Å². The molecule has 0 amide bonds. The minimum atomic E-state index is -4.61. The summed E-state index contributed by atoms with van der Waals surface area (Å²) in [6, 6.07) is 0.554. The highest BCUT2D eigenvalue weighted by Crippen LogP contribution is 2.27. The predicted octanol–water partition coefficient (Wildman–Crippen LogP) is 2.06. The van der Waals surface area contributed by atoms with Gasteiger partial charge in [-0.3, -0.25) is 14.3 Å². The summed E-state index contributed by atoms with van der Waals surface area (Å²) in [6.45, 7) is 3.88. The molecule has 0 spiro atoms. The van der Waals surface area contributed by atoms with Crippen molar-refractivity contribution in [3.05, 3.63) is 40.2 Å². The first-order valence-electron chi connectivity index (χ1n) is 9.65. The predicted molar refractivity (Wildman–Crippen MR) is 94.0 cm³/mol. The Hall–Kier alpha value is -2.27. The Kier molecular flexibility index (Phi) is 5.68. The largest absolute Gasteiger partial charge is 0.433 e. The summed E-state index contributed by atoms with van der Waals surface area (Å²) in [7, 11) is 0. The van der Waals surface area contributed by atoms with Crippen molar-refractivity contribution in [1.82, 2.24) is 24.6 Å². The lowest BCUT2D eigenvalue weighted by Gasteiger charge is -2.31. The number of hydrogen-bond acceptors (Lipinski definition) is 7. The Bertz CT molecular complexity index is 883. The van der Waals surface area contributed by atoms with Gasteiger partial charge in [-0.15, -0.1) is 0 Å².